The van der Waals surface area contributed by atoms with Gasteiger partial charge in [-0.3, -0.25) is 4.68 Å². The number of fused-ring (bicyclic) bond motifs is 5. The van der Waals surface area contributed by atoms with Crippen LogP contribution in [0.2, 0.25) is 0 Å². The Bertz CT molecular complexity index is 995. The molecule has 3 aromatic rings. The van der Waals surface area contributed by atoms with E-state index in [0.29, 0.717) is 5.41 Å². The second kappa shape index (κ2) is 4.73. The van der Waals surface area contributed by atoms with Gasteiger partial charge in [-0.2, -0.15) is 10.4 Å². The highest BCUT2D eigenvalue weighted by Gasteiger charge is 2.39. The Morgan fingerprint density at radius 2 is 2.00 bits per heavy atom. The van der Waals surface area contributed by atoms with Crippen LogP contribution >= 0.6 is 0 Å². The van der Waals surface area contributed by atoms with E-state index in [-0.39, 0.29) is 0 Å². The van der Waals surface area contributed by atoms with Crippen molar-refractivity contribution in [2.45, 2.75) is 51.1 Å². The first-order valence-corrected chi connectivity index (χ1v) is 8.80. The Labute approximate surface area is 141 Å². The number of hydrogen-bond acceptors (Lipinski definition) is 2. The molecule has 120 valence electrons. The van der Waals surface area contributed by atoms with Gasteiger partial charge in [0.1, 0.15) is 6.07 Å². The van der Waals surface area contributed by atoms with Crippen LogP contribution in [0.1, 0.15) is 43.7 Å². The molecule has 2 aromatic heterocycles. The fourth-order valence-corrected chi connectivity index (χ4v) is 4.06. The van der Waals surface area contributed by atoms with Crippen LogP contribution in [0.15, 0.2) is 30.5 Å². The van der Waals surface area contributed by atoms with Crippen molar-refractivity contribution in [2.24, 2.45) is 0 Å². The van der Waals surface area contributed by atoms with E-state index in [0.717, 1.165) is 48.3 Å². The van der Waals surface area contributed by atoms with Crippen molar-refractivity contribution in [2.75, 3.05) is 0 Å². The van der Waals surface area contributed by atoms with Gasteiger partial charge in [0.05, 0.1) is 17.0 Å². The zero-order chi connectivity index (χ0) is 16.3. The molecule has 0 spiro atoms. The third kappa shape index (κ3) is 1.81. The zero-order valence-electron chi connectivity index (χ0n) is 13.9. The minimum Gasteiger partial charge on any atom is -0.338 e. The fourth-order valence-electron chi connectivity index (χ4n) is 4.06. The third-order valence-electron chi connectivity index (χ3n) is 5.83. The molecule has 24 heavy (non-hydrogen) atoms. The number of benzene rings is 1. The van der Waals surface area contributed by atoms with Crippen molar-refractivity contribution in [1.29, 1.82) is 5.26 Å². The van der Waals surface area contributed by atoms with Gasteiger partial charge in [0.15, 0.2) is 0 Å². The van der Waals surface area contributed by atoms with Crippen molar-refractivity contribution >= 4 is 10.9 Å². The van der Waals surface area contributed by atoms with E-state index in [2.05, 4.69) is 40.9 Å². The quantitative estimate of drug-likeness (QED) is 0.674. The minimum absolute atomic E-state index is 0.318. The zero-order valence-corrected chi connectivity index (χ0v) is 13.9. The molecular weight excluding hydrogens is 296 g/mol. The predicted molar refractivity (Wildman–Crippen MR) is 93.7 cm³/mol. The van der Waals surface area contributed by atoms with Crippen molar-refractivity contribution in [3.8, 4) is 17.5 Å². The van der Waals surface area contributed by atoms with Gasteiger partial charge in [-0.15, -0.1) is 0 Å². The van der Waals surface area contributed by atoms with Gasteiger partial charge < -0.3 is 4.57 Å². The van der Waals surface area contributed by atoms with E-state index >= 15 is 0 Å². The summed E-state index contributed by atoms with van der Waals surface area (Å²) < 4.78 is 4.38. The number of rotatable bonds is 1. The van der Waals surface area contributed by atoms with E-state index in [9.17, 15) is 5.26 Å². The average molecular weight is 316 g/mol. The van der Waals surface area contributed by atoms with Crippen LogP contribution in [0.3, 0.4) is 0 Å². The maximum absolute atomic E-state index is 9.92. The highest BCUT2D eigenvalue weighted by molar-refractivity contribution is 5.94. The van der Waals surface area contributed by atoms with Crippen molar-refractivity contribution in [3.05, 3.63) is 41.6 Å². The Balaban J connectivity index is 1.85. The maximum atomic E-state index is 9.92. The van der Waals surface area contributed by atoms with Gasteiger partial charge in [0.25, 0.3) is 0 Å². The summed E-state index contributed by atoms with van der Waals surface area (Å²) in [6.07, 6.45) is 6.58. The number of nitriles is 1. The van der Waals surface area contributed by atoms with Crippen molar-refractivity contribution in [3.63, 3.8) is 0 Å². The van der Waals surface area contributed by atoms with E-state index in [4.69, 9.17) is 0 Å². The third-order valence-corrected chi connectivity index (χ3v) is 5.83. The van der Waals surface area contributed by atoms with Gasteiger partial charge >= 0.3 is 0 Å². The van der Waals surface area contributed by atoms with Crippen molar-refractivity contribution < 1.29 is 0 Å². The predicted octanol–water partition coefficient (Wildman–Crippen LogP) is 4.22. The topological polar surface area (TPSA) is 46.5 Å². The Morgan fingerprint density at radius 1 is 1.17 bits per heavy atom. The number of aryl methyl sites for hydroxylation is 2. The lowest BCUT2D eigenvalue weighted by atomic mass is 9.96. The molecule has 5 rings (SSSR count). The molecule has 0 bridgehead atoms. The Kier molecular flexibility index (Phi) is 2.73. The van der Waals surface area contributed by atoms with Crippen LogP contribution in [-0.4, -0.2) is 14.3 Å². The maximum Gasteiger partial charge on any atom is 0.102 e. The summed E-state index contributed by atoms with van der Waals surface area (Å²) in [5, 5.41) is 15.5. The molecular formula is C20H20N4. The Morgan fingerprint density at radius 3 is 2.79 bits per heavy atom. The molecule has 4 heteroatoms. The lowest BCUT2D eigenvalue weighted by molar-refractivity contribution is 0.515. The minimum atomic E-state index is 0.318. The van der Waals surface area contributed by atoms with Gasteiger partial charge in [-0.05, 0) is 54.9 Å². The van der Waals surface area contributed by atoms with Crippen LogP contribution in [-0.2, 0) is 18.5 Å². The average Bonchev–Trinajstić information content (AvgIpc) is 3.05. The summed E-state index contributed by atoms with van der Waals surface area (Å²) >= 11 is 0. The van der Waals surface area contributed by atoms with Gasteiger partial charge in [-0.1, -0.05) is 13.0 Å². The van der Waals surface area contributed by atoms with Crippen molar-refractivity contribution in [1.82, 2.24) is 14.3 Å². The largest absolute Gasteiger partial charge is 0.338 e. The summed E-state index contributed by atoms with van der Waals surface area (Å²) in [4.78, 5) is 0. The molecule has 1 fully saturated rings. The van der Waals surface area contributed by atoms with Gasteiger partial charge in [0.2, 0.25) is 0 Å². The standard InChI is InChI=1S/C20H20N4/c1-20(7-8-20)14-4-5-17-15(12-14)16(13-21)19-18-6-9-22-24(18)11-3-2-10-23(17)19/h4-6,9,12H,2-3,7-8,10-11H2,1H3. The fraction of sp³-hybridized carbons (Fsp3) is 0.400. The van der Waals surface area contributed by atoms with E-state index < -0.39 is 0 Å². The van der Waals surface area contributed by atoms with Crippen LogP contribution in [0, 0.1) is 11.3 Å². The van der Waals surface area contributed by atoms with Crippen LogP contribution in [0.5, 0.6) is 0 Å². The molecule has 1 aromatic carbocycles. The molecule has 0 amide bonds. The van der Waals surface area contributed by atoms with E-state index in [1.165, 1.54) is 23.9 Å². The first-order chi connectivity index (χ1) is 11.7. The number of aromatic nitrogens is 3. The summed E-state index contributed by atoms with van der Waals surface area (Å²) in [6.45, 7) is 4.22. The summed E-state index contributed by atoms with van der Waals surface area (Å²) in [5.41, 5.74) is 5.80. The normalized spacial score (nSPS) is 18.3. The van der Waals surface area contributed by atoms with Gasteiger partial charge in [-0.25, -0.2) is 0 Å². The van der Waals surface area contributed by atoms with E-state index in [1.54, 1.807) is 0 Å². The molecule has 0 unspecified atom stereocenters. The number of hydrogen-bond donors (Lipinski definition) is 0. The molecule has 1 aliphatic carbocycles. The monoisotopic (exact) mass is 316 g/mol. The number of nitrogens with zero attached hydrogens (tertiary/aromatic N) is 4. The second-order valence-electron chi connectivity index (χ2n) is 7.43. The summed E-state index contributed by atoms with van der Waals surface area (Å²) in [5.74, 6) is 0. The smallest absolute Gasteiger partial charge is 0.102 e. The highest BCUT2D eigenvalue weighted by atomic mass is 15.3. The second-order valence-corrected chi connectivity index (χ2v) is 7.43. The van der Waals surface area contributed by atoms with Crippen LogP contribution in [0.4, 0.5) is 0 Å². The molecule has 1 saturated carbocycles. The molecule has 3 heterocycles. The molecule has 0 radical (unpaired) electrons. The molecule has 0 saturated heterocycles. The van der Waals surface area contributed by atoms with Gasteiger partial charge in [0, 0.05) is 30.2 Å². The Hall–Kier alpha value is -2.54. The van der Waals surface area contributed by atoms with Crippen LogP contribution < -0.4 is 0 Å². The SMILES string of the molecule is CC1(c2ccc3c(c2)c(C#N)c2n3CCCCn3nccc3-2)CC1. The first-order valence-electron chi connectivity index (χ1n) is 8.80. The molecule has 0 N–H and O–H groups in total. The highest BCUT2D eigenvalue weighted by Crippen LogP contribution is 2.48. The van der Waals surface area contributed by atoms with Crippen LogP contribution in [0.25, 0.3) is 22.3 Å². The molecule has 4 nitrogen and oxygen atoms in total. The lowest BCUT2D eigenvalue weighted by Crippen LogP contribution is -2.11. The molecule has 0 atom stereocenters. The summed E-state index contributed by atoms with van der Waals surface area (Å²) in [6, 6.07) is 11.3. The molecule has 1 aliphatic heterocycles. The summed E-state index contributed by atoms with van der Waals surface area (Å²) in [7, 11) is 0. The lowest BCUT2D eigenvalue weighted by Gasteiger charge is -2.16. The van der Waals surface area contributed by atoms with E-state index in [1.807, 2.05) is 16.9 Å². The molecule has 2 aliphatic rings. The first kappa shape index (κ1) is 13.9.